The van der Waals surface area contributed by atoms with Gasteiger partial charge in [-0.25, -0.2) is 15.0 Å². The van der Waals surface area contributed by atoms with Gasteiger partial charge in [0.15, 0.2) is 4.34 Å². The molecule has 6 nitrogen and oxygen atoms in total. The van der Waals surface area contributed by atoms with Crippen LogP contribution in [0.2, 0.25) is 0 Å². The number of nitrogens with zero attached hydrogens (tertiary/aromatic N) is 4. The van der Waals surface area contributed by atoms with Crippen molar-refractivity contribution in [3.8, 4) is 0 Å². The first-order chi connectivity index (χ1) is 12.3. The van der Waals surface area contributed by atoms with E-state index in [9.17, 15) is 0 Å². The molecule has 1 aromatic carbocycles. The highest BCUT2D eigenvalue weighted by atomic mass is 32.2. The van der Waals surface area contributed by atoms with Gasteiger partial charge in [-0.15, -0.1) is 0 Å². The average Bonchev–Trinajstić information content (AvgIpc) is 3.36. The number of hydrogen-bond donors (Lipinski definition) is 2. The summed E-state index contributed by atoms with van der Waals surface area (Å²) in [6, 6.07) is 12.0. The lowest BCUT2D eigenvalue weighted by Crippen LogP contribution is -2.33. The van der Waals surface area contributed by atoms with Crippen molar-refractivity contribution in [3.05, 3.63) is 54.4 Å². The van der Waals surface area contributed by atoms with Gasteiger partial charge in [0.05, 0.1) is 17.6 Å². The maximum absolute atomic E-state index is 4.63. The molecule has 5 rings (SSSR count). The molecule has 3 aromatic heterocycles. The number of nitrogens with one attached hydrogen (secondary N) is 2. The van der Waals surface area contributed by atoms with Crippen molar-refractivity contribution < 1.29 is 0 Å². The number of aromatic nitrogens is 4. The van der Waals surface area contributed by atoms with Gasteiger partial charge < -0.3 is 4.98 Å². The van der Waals surface area contributed by atoms with Gasteiger partial charge in [0.2, 0.25) is 5.95 Å². The zero-order valence-electron chi connectivity index (χ0n) is 13.1. The van der Waals surface area contributed by atoms with Gasteiger partial charge in [-0.2, -0.15) is 0 Å². The highest BCUT2D eigenvalue weighted by molar-refractivity contribution is 8.01. The fourth-order valence-corrected chi connectivity index (χ4v) is 4.63. The van der Waals surface area contributed by atoms with E-state index in [1.165, 1.54) is 0 Å². The molecule has 2 N–H and O–H groups in total. The summed E-state index contributed by atoms with van der Waals surface area (Å²) in [4.78, 5) is 17.9. The predicted octanol–water partition coefficient (Wildman–Crippen LogP) is 3.57. The normalized spacial score (nSPS) is 14.2. The van der Waals surface area contributed by atoms with Crippen molar-refractivity contribution in [3.63, 3.8) is 0 Å². The Kier molecular flexibility index (Phi) is 3.57. The molecule has 25 heavy (non-hydrogen) atoms. The molecule has 4 aromatic rings. The van der Waals surface area contributed by atoms with Crippen molar-refractivity contribution >= 4 is 50.4 Å². The minimum atomic E-state index is 0.789. The lowest BCUT2D eigenvalue weighted by Gasteiger charge is -2.16. The van der Waals surface area contributed by atoms with Crippen molar-refractivity contribution in [1.82, 2.24) is 25.4 Å². The third-order valence-corrected chi connectivity index (χ3v) is 6.10. The van der Waals surface area contributed by atoms with Gasteiger partial charge in [-0.05, 0) is 30.3 Å². The second-order valence-corrected chi connectivity index (χ2v) is 7.83. The minimum Gasteiger partial charge on any atom is -0.323 e. The Morgan fingerprint density at radius 3 is 2.96 bits per heavy atom. The van der Waals surface area contributed by atoms with Gasteiger partial charge in [0, 0.05) is 17.6 Å². The third-order valence-electron chi connectivity index (χ3n) is 3.93. The van der Waals surface area contributed by atoms with Crippen molar-refractivity contribution in [2.24, 2.45) is 0 Å². The molecule has 1 aliphatic heterocycles. The van der Waals surface area contributed by atoms with Gasteiger partial charge in [0.1, 0.15) is 10.3 Å². The summed E-state index contributed by atoms with van der Waals surface area (Å²) < 4.78 is 1.04. The highest BCUT2D eigenvalue weighted by Crippen LogP contribution is 2.29. The number of H-pyrrole nitrogens is 1. The van der Waals surface area contributed by atoms with E-state index >= 15 is 0 Å². The first-order valence-electron chi connectivity index (χ1n) is 7.87. The fraction of sp³-hybridized carbons (Fsp3) is 0.118. The van der Waals surface area contributed by atoms with Crippen LogP contribution in [0.4, 0.5) is 5.95 Å². The van der Waals surface area contributed by atoms with Crippen molar-refractivity contribution in [1.29, 1.82) is 0 Å². The number of aromatic amines is 1. The first kappa shape index (κ1) is 14.7. The number of thiazole rings is 1. The minimum absolute atomic E-state index is 0.789. The summed E-state index contributed by atoms with van der Waals surface area (Å²) in [5.41, 5.74) is 7.56. The molecule has 0 unspecified atom stereocenters. The van der Waals surface area contributed by atoms with Gasteiger partial charge in [-0.3, -0.25) is 10.4 Å². The van der Waals surface area contributed by atoms with E-state index in [0.29, 0.717) is 0 Å². The topological polar surface area (TPSA) is 69.7 Å². The van der Waals surface area contributed by atoms with E-state index in [1.807, 2.05) is 41.4 Å². The van der Waals surface area contributed by atoms with E-state index < -0.39 is 0 Å². The Hall–Kier alpha value is -2.58. The number of anilines is 1. The first-order valence-corrected chi connectivity index (χ1v) is 9.68. The molecule has 0 aliphatic carbocycles. The van der Waals surface area contributed by atoms with Gasteiger partial charge in [0.25, 0.3) is 0 Å². The molecular formula is C17H14N6S2. The summed E-state index contributed by atoms with van der Waals surface area (Å²) in [5, 5.41) is 2.02. The van der Waals surface area contributed by atoms with E-state index in [4.69, 9.17) is 0 Å². The van der Waals surface area contributed by atoms with E-state index in [0.717, 1.165) is 49.7 Å². The monoisotopic (exact) mass is 366 g/mol. The number of pyridine rings is 1. The molecule has 0 fully saturated rings. The standard InChI is InChI=1S/C17H14N6S2/c1-2-5-13-12(4-1)19-16(20-13)23-9-7-11(22-23)10-24-17-21-14-6-3-8-18-15(14)25-17/h1-8,22H,9-10H2,(H,19,20). The Bertz CT molecular complexity index is 1020. The highest BCUT2D eigenvalue weighted by Gasteiger charge is 2.17. The molecule has 0 bridgehead atoms. The molecule has 0 saturated heterocycles. The molecular weight excluding hydrogens is 352 g/mol. The number of fused-ring (bicyclic) bond motifs is 2. The van der Waals surface area contributed by atoms with Crippen LogP contribution in [0.3, 0.4) is 0 Å². The van der Waals surface area contributed by atoms with E-state index in [2.05, 4.69) is 31.4 Å². The van der Waals surface area contributed by atoms with E-state index in [-0.39, 0.29) is 0 Å². The van der Waals surface area contributed by atoms with Gasteiger partial charge >= 0.3 is 0 Å². The Labute approximate surface area is 152 Å². The molecule has 124 valence electrons. The van der Waals surface area contributed by atoms with Crippen molar-refractivity contribution in [2.75, 3.05) is 17.3 Å². The van der Waals surface area contributed by atoms with Crippen LogP contribution in [0, 0.1) is 0 Å². The summed E-state index contributed by atoms with van der Waals surface area (Å²) >= 11 is 3.36. The second kappa shape index (κ2) is 6.05. The van der Waals surface area contributed by atoms with Crippen LogP contribution in [0.5, 0.6) is 0 Å². The summed E-state index contributed by atoms with van der Waals surface area (Å²) in [5.74, 6) is 1.68. The number of para-hydroxylation sites is 2. The molecule has 0 amide bonds. The maximum Gasteiger partial charge on any atom is 0.223 e. The SMILES string of the molecule is C1=C(CSc2nc3cccnc3s2)NN(c2nc3ccccc3[nH]2)C1. The van der Waals surface area contributed by atoms with Crippen LogP contribution in [-0.2, 0) is 0 Å². The predicted molar refractivity (Wildman–Crippen MR) is 103 cm³/mol. The molecule has 4 heterocycles. The fourth-order valence-electron chi connectivity index (χ4n) is 2.72. The van der Waals surface area contributed by atoms with E-state index in [1.54, 1.807) is 29.3 Å². The lowest BCUT2D eigenvalue weighted by molar-refractivity contribution is 0.781. The number of hydrazine groups is 1. The third kappa shape index (κ3) is 2.83. The molecule has 0 atom stereocenters. The Balaban J connectivity index is 1.25. The quantitative estimate of drug-likeness (QED) is 0.538. The Morgan fingerprint density at radius 2 is 2.04 bits per heavy atom. The van der Waals surface area contributed by atoms with Crippen LogP contribution < -0.4 is 10.4 Å². The number of hydrogen-bond acceptors (Lipinski definition) is 7. The summed E-state index contributed by atoms with van der Waals surface area (Å²) in [6.07, 6.45) is 3.99. The van der Waals surface area contributed by atoms with Crippen LogP contribution >= 0.6 is 23.1 Å². The van der Waals surface area contributed by atoms with Gasteiger partial charge in [-0.1, -0.05) is 35.2 Å². The average molecular weight is 366 g/mol. The molecule has 0 spiro atoms. The molecule has 0 radical (unpaired) electrons. The zero-order chi connectivity index (χ0) is 16.6. The largest absolute Gasteiger partial charge is 0.323 e. The van der Waals surface area contributed by atoms with Crippen molar-refractivity contribution in [2.45, 2.75) is 4.34 Å². The van der Waals surface area contributed by atoms with Crippen LogP contribution in [-0.4, -0.2) is 32.2 Å². The summed E-state index contributed by atoms with van der Waals surface area (Å²) in [7, 11) is 0. The molecule has 0 saturated carbocycles. The zero-order valence-corrected chi connectivity index (χ0v) is 14.8. The second-order valence-electron chi connectivity index (χ2n) is 5.63. The lowest BCUT2D eigenvalue weighted by atomic mass is 10.3. The number of imidazole rings is 1. The molecule has 1 aliphatic rings. The molecule has 8 heteroatoms. The maximum atomic E-state index is 4.63. The number of rotatable bonds is 4. The number of thioether (sulfide) groups is 1. The summed E-state index contributed by atoms with van der Waals surface area (Å²) in [6.45, 7) is 0.789. The van der Waals surface area contributed by atoms with Crippen LogP contribution in [0.15, 0.2) is 58.7 Å². The Morgan fingerprint density at radius 1 is 1.12 bits per heavy atom. The number of benzene rings is 1. The van der Waals surface area contributed by atoms with Crippen LogP contribution in [0.1, 0.15) is 0 Å². The van der Waals surface area contributed by atoms with Crippen LogP contribution in [0.25, 0.3) is 21.4 Å². The smallest absolute Gasteiger partial charge is 0.223 e.